The fraction of sp³-hybridized carbons (Fsp3) is 0.360. The molecule has 4 atom stereocenters. The number of hydrogen-bond acceptors (Lipinski definition) is 6. The molecule has 4 aliphatic heterocycles. The van der Waals surface area contributed by atoms with Crippen LogP contribution in [0.15, 0.2) is 54.6 Å². The van der Waals surface area contributed by atoms with Crippen molar-refractivity contribution in [3.63, 3.8) is 0 Å². The molecule has 0 unspecified atom stereocenters. The number of nitrogens with zero attached hydrogens (tertiary/aromatic N) is 1. The molecule has 4 aliphatic rings. The highest BCUT2D eigenvalue weighted by molar-refractivity contribution is 5.93. The minimum atomic E-state index is -0.736. The smallest absolute Gasteiger partial charge is 0.231 e. The van der Waals surface area contributed by atoms with Crippen LogP contribution >= 0.6 is 0 Å². The van der Waals surface area contributed by atoms with Gasteiger partial charge in [-0.05, 0) is 35.4 Å². The molecule has 0 aliphatic carbocycles. The maximum atomic E-state index is 13.4. The largest absolute Gasteiger partial charge is 0.497 e. The van der Waals surface area contributed by atoms with Crippen molar-refractivity contribution in [2.75, 3.05) is 20.4 Å². The molecule has 6 rings (SSSR count). The molecular formula is C25H24N2O6. The van der Waals surface area contributed by atoms with Gasteiger partial charge in [0.25, 0.3) is 0 Å². The Bertz CT molecular complexity index is 1150. The van der Waals surface area contributed by atoms with Crippen molar-refractivity contribution < 1.29 is 28.5 Å². The zero-order chi connectivity index (χ0) is 22.6. The van der Waals surface area contributed by atoms with Gasteiger partial charge in [0.2, 0.25) is 18.6 Å². The van der Waals surface area contributed by atoms with E-state index in [-0.39, 0.29) is 24.7 Å². The highest BCUT2D eigenvalue weighted by atomic mass is 16.7. The van der Waals surface area contributed by atoms with Crippen LogP contribution in [0.1, 0.15) is 11.1 Å². The number of ether oxygens (including phenoxy) is 4. The third-order valence-corrected chi connectivity index (χ3v) is 6.92. The molecule has 2 saturated heterocycles. The quantitative estimate of drug-likeness (QED) is 0.681. The highest BCUT2D eigenvalue weighted by Crippen LogP contribution is 2.52. The number of carbonyl (C=O) groups is 2. The van der Waals surface area contributed by atoms with Gasteiger partial charge >= 0.3 is 0 Å². The highest BCUT2D eigenvalue weighted by Gasteiger charge is 2.66. The van der Waals surface area contributed by atoms with Crippen molar-refractivity contribution in [2.24, 2.45) is 11.8 Å². The van der Waals surface area contributed by atoms with Crippen LogP contribution in [0.4, 0.5) is 0 Å². The van der Waals surface area contributed by atoms with Crippen molar-refractivity contribution in [1.82, 2.24) is 10.2 Å². The Kier molecular flexibility index (Phi) is 4.58. The van der Waals surface area contributed by atoms with Gasteiger partial charge in [-0.2, -0.15) is 0 Å². The molecule has 1 spiro atoms. The van der Waals surface area contributed by atoms with E-state index < -0.39 is 17.4 Å². The van der Waals surface area contributed by atoms with Gasteiger partial charge in [-0.15, -0.1) is 0 Å². The number of amides is 2. The van der Waals surface area contributed by atoms with Gasteiger partial charge in [0.05, 0.1) is 31.6 Å². The number of rotatable bonds is 6. The van der Waals surface area contributed by atoms with Gasteiger partial charge in [-0.1, -0.05) is 30.4 Å². The number of fused-ring (bicyclic) bond motifs is 2. The zero-order valence-electron chi connectivity index (χ0n) is 18.2. The van der Waals surface area contributed by atoms with Crippen LogP contribution in [0.3, 0.4) is 0 Å². The molecule has 8 nitrogen and oxygen atoms in total. The van der Waals surface area contributed by atoms with E-state index in [0.717, 1.165) is 16.9 Å². The molecule has 2 aromatic rings. The summed E-state index contributed by atoms with van der Waals surface area (Å²) in [5.41, 5.74) is 1.17. The molecule has 1 N–H and O–H groups in total. The first kappa shape index (κ1) is 20.1. The SMILES string of the molecule is COc1ccc(CNC(=O)[C@H]2[C@@H]3C=C[C@@]4(CN(Cc5ccc6c(c5)OCO6)C(=O)[C@@H]24)O3)cc1. The van der Waals surface area contributed by atoms with E-state index in [2.05, 4.69) is 5.32 Å². The molecule has 2 amide bonds. The lowest BCUT2D eigenvalue weighted by Crippen LogP contribution is -2.43. The monoisotopic (exact) mass is 448 g/mol. The summed E-state index contributed by atoms with van der Waals surface area (Å²) >= 11 is 0. The number of carbonyl (C=O) groups excluding carboxylic acids is 2. The third-order valence-electron chi connectivity index (χ3n) is 6.92. The molecule has 33 heavy (non-hydrogen) atoms. The topological polar surface area (TPSA) is 86.3 Å². The second-order valence-electron chi connectivity index (χ2n) is 8.85. The first-order valence-electron chi connectivity index (χ1n) is 11.0. The van der Waals surface area contributed by atoms with Crippen LogP contribution in [-0.4, -0.2) is 48.9 Å². The molecular weight excluding hydrogens is 424 g/mol. The lowest BCUT2D eigenvalue weighted by Gasteiger charge is -2.23. The van der Waals surface area contributed by atoms with Crippen molar-refractivity contribution in [2.45, 2.75) is 24.8 Å². The number of benzene rings is 2. The molecule has 0 aromatic heterocycles. The Hall–Kier alpha value is -3.52. The van der Waals surface area contributed by atoms with Crippen LogP contribution in [-0.2, 0) is 27.4 Å². The van der Waals surface area contributed by atoms with E-state index in [1.54, 1.807) is 12.0 Å². The van der Waals surface area contributed by atoms with Gasteiger partial charge in [-0.3, -0.25) is 9.59 Å². The van der Waals surface area contributed by atoms with E-state index in [0.29, 0.717) is 31.1 Å². The molecule has 2 fully saturated rings. The summed E-state index contributed by atoms with van der Waals surface area (Å²) in [5.74, 6) is 0.887. The Labute approximate surface area is 191 Å². The fourth-order valence-electron chi connectivity index (χ4n) is 5.32. The van der Waals surface area contributed by atoms with E-state index in [4.69, 9.17) is 18.9 Å². The van der Waals surface area contributed by atoms with Gasteiger partial charge < -0.3 is 29.2 Å². The second-order valence-corrected chi connectivity index (χ2v) is 8.85. The molecule has 170 valence electrons. The van der Waals surface area contributed by atoms with Crippen molar-refractivity contribution >= 4 is 11.8 Å². The van der Waals surface area contributed by atoms with Crippen molar-refractivity contribution in [3.8, 4) is 17.2 Å². The lowest BCUT2D eigenvalue weighted by atomic mass is 9.77. The summed E-state index contributed by atoms with van der Waals surface area (Å²) in [4.78, 5) is 28.4. The van der Waals surface area contributed by atoms with Gasteiger partial charge in [0.15, 0.2) is 11.5 Å². The molecule has 4 heterocycles. The maximum absolute atomic E-state index is 13.4. The average molecular weight is 448 g/mol. The van der Waals surface area contributed by atoms with E-state index in [9.17, 15) is 9.59 Å². The fourth-order valence-corrected chi connectivity index (χ4v) is 5.32. The van der Waals surface area contributed by atoms with Crippen molar-refractivity contribution in [3.05, 3.63) is 65.7 Å². The van der Waals surface area contributed by atoms with Crippen LogP contribution in [0.5, 0.6) is 17.2 Å². The number of methoxy groups -OCH3 is 1. The minimum Gasteiger partial charge on any atom is -0.497 e. The van der Waals surface area contributed by atoms with Crippen LogP contribution in [0, 0.1) is 11.8 Å². The van der Waals surface area contributed by atoms with Crippen LogP contribution < -0.4 is 19.5 Å². The van der Waals surface area contributed by atoms with E-state index in [1.807, 2.05) is 54.6 Å². The molecule has 0 saturated carbocycles. The molecule has 8 heteroatoms. The lowest BCUT2D eigenvalue weighted by molar-refractivity contribution is -0.137. The van der Waals surface area contributed by atoms with Crippen molar-refractivity contribution in [1.29, 1.82) is 0 Å². The Morgan fingerprint density at radius 2 is 1.94 bits per heavy atom. The summed E-state index contributed by atoms with van der Waals surface area (Å²) in [6.45, 7) is 1.44. The zero-order valence-corrected chi connectivity index (χ0v) is 18.2. The number of nitrogens with one attached hydrogen (secondary N) is 1. The standard InChI is InChI=1S/C25H24N2O6/c1-30-17-5-2-15(3-6-17)11-26-23(28)21-19-8-9-25(33-19)13-27(24(29)22(21)25)12-16-4-7-18-20(10-16)32-14-31-18/h2-10,19,21-22H,11-14H2,1H3,(H,26,28)/t19-,21-,22+,25-/m0/s1. The maximum Gasteiger partial charge on any atom is 0.231 e. The number of hydrogen-bond donors (Lipinski definition) is 1. The Morgan fingerprint density at radius 1 is 1.15 bits per heavy atom. The first-order valence-corrected chi connectivity index (χ1v) is 11.0. The summed E-state index contributed by atoms with van der Waals surface area (Å²) in [6, 6.07) is 13.2. The van der Waals surface area contributed by atoms with E-state index in [1.165, 1.54) is 0 Å². The Morgan fingerprint density at radius 3 is 2.76 bits per heavy atom. The van der Waals surface area contributed by atoms with E-state index >= 15 is 0 Å². The van der Waals surface area contributed by atoms with Crippen LogP contribution in [0.2, 0.25) is 0 Å². The predicted octanol–water partition coefficient (Wildman–Crippen LogP) is 2.02. The summed E-state index contributed by atoms with van der Waals surface area (Å²) in [7, 11) is 1.61. The third kappa shape index (κ3) is 3.24. The second kappa shape index (κ2) is 7.52. The molecule has 2 aromatic carbocycles. The Balaban J connectivity index is 1.16. The number of likely N-dealkylation sites (tertiary alicyclic amines) is 1. The van der Waals surface area contributed by atoms with Gasteiger partial charge in [0, 0.05) is 13.1 Å². The summed E-state index contributed by atoms with van der Waals surface area (Å²) in [5, 5.41) is 2.99. The van der Waals surface area contributed by atoms with Gasteiger partial charge in [0.1, 0.15) is 11.4 Å². The van der Waals surface area contributed by atoms with Gasteiger partial charge in [-0.25, -0.2) is 0 Å². The first-order chi connectivity index (χ1) is 16.1. The summed E-state index contributed by atoms with van der Waals surface area (Å²) < 4.78 is 22.2. The molecule has 2 bridgehead atoms. The minimum absolute atomic E-state index is 0.0517. The molecule has 0 radical (unpaired) electrons. The average Bonchev–Trinajstić information content (AvgIpc) is 3.59. The summed E-state index contributed by atoms with van der Waals surface area (Å²) in [6.07, 6.45) is 3.51. The van der Waals surface area contributed by atoms with Crippen LogP contribution in [0.25, 0.3) is 0 Å². The predicted molar refractivity (Wildman–Crippen MR) is 117 cm³/mol. The normalized spacial score (nSPS) is 28.3.